The van der Waals surface area contributed by atoms with Crippen LogP contribution in [0.2, 0.25) is 5.02 Å². The van der Waals surface area contributed by atoms with Crippen LogP contribution in [-0.2, 0) is 17.6 Å². The molecule has 3 rings (SSSR count). The van der Waals surface area contributed by atoms with Crippen molar-refractivity contribution in [2.24, 2.45) is 0 Å². The third kappa shape index (κ3) is 3.04. The topological polar surface area (TPSA) is 29.1 Å². The lowest BCUT2D eigenvalue weighted by atomic mass is 10.0. The first kappa shape index (κ1) is 14.4. The van der Waals surface area contributed by atoms with E-state index in [4.69, 9.17) is 23.2 Å². The Labute approximate surface area is 131 Å². The van der Waals surface area contributed by atoms with Crippen molar-refractivity contribution in [2.75, 3.05) is 5.32 Å². The molecule has 2 nitrogen and oxygen atoms in total. The monoisotopic (exact) mass is 323 g/mol. The lowest BCUT2D eigenvalue weighted by Gasteiger charge is -2.13. The van der Waals surface area contributed by atoms with E-state index < -0.39 is 0 Å². The van der Waals surface area contributed by atoms with E-state index in [1.165, 1.54) is 12.1 Å². The van der Waals surface area contributed by atoms with Crippen LogP contribution in [0.4, 0.5) is 10.1 Å². The van der Waals surface area contributed by atoms with Crippen LogP contribution in [0.1, 0.15) is 22.1 Å². The first-order valence-corrected chi connectivity index (χ1v) is 7.35. The van der Waals surface area contributed by atoms with Crippen molar-refractivity contribution in [2.45, 2.75) is 18.2 Å². The number of amides is 1. The minimum absolute atomic E-state index is 0.0468. The van der Waals surface area contributed by atoms with Crippen LogP contribution < -0.4 is 5.32 Å². The summed E-state index contributed by atoms with van der Waals surface area (Å²) in [5.41, 5.74) is 3.20. The number of nitrogens with one attached hydrogen (secondary N) is 1. The number of alkyl halides is 1. The van der Waals surface area contributed by atoms with Crippen molar-refractivity contribution in [3.05, 3.63) is 63.9 Å². The van der Waals surface area contributed by atoms with E-state index in [1.807, 2.05) is 12.1 Å². The van der Waals surface area contributed by atoms with E-state index in [9.17, 15) is 9.18 Å². The highest BCUT2D eigenvalue weighted by Gasteiger charge is 2.22. The number of fused-ring (bicyclic) bond motifs is 1. The van der Waals surface area contributed by atoms with Crippen molar-refractivity contribution in [3.63, 3.8) is 0 Å². The summed E-state index contributed by atoms with van der Waals surface area (Å²) in [6.07, 6.45) is 0.808. The average Bonchev–Trinajstić information content (AvgIpc) is 2.76. The zero-order chi connectivity index (χ0) is 15.0. The first-order chi connectivity index (χ1) is 10.0. The Bertz CT molecular complexity index is 717. The molecule has 1 aliphatic rings. The summed E-state index contributed by atoms with van der Waals surface area (Å²) in [4.78, 5) is 11.4. The van der Waals surface area contributed by atoms with Crippen LogP contribution in [-0.4, -0.2) is 5.91 Å². The minimum Gasteiger partial charge on any atom is -0.325 e. The van der Waals surface area contributed by atoms with E-state index in [2.05, 4.69) is 5.32 Å². The van der Waals surface area contributed by atoms with Gasteiger partial charge in [0.2, 0.25) is 5.91 Å². The Balaban J connectivity index is 1.87. The van der Waals surface area contributed by atoms with Crippen LogP contribution in [0.3, 0.4) is 0 Å². The molecule has 0 bridgehead atoms. The molecular formula is C16H12Cl2FNO. The number of benzene rings is 2. The van der Waals surface area contributed by atoms with Gasteiger partial charge in [0.25, 0.3) is 0 Å². The van der Waals surface area contributed by atoms with Gasteiger partial charge in [-0.25, -0.2) is 4.39 Å². The van der Waals surface area contributed by atoms with E-state index in [-0.39, 0.29) is 17.1 Å². The molecule has 2 aromatic carbocycles. The maximum Gasteiger partial charge on any atom is 0.228 e. The van der Waals surface area contributed by atoms with Crippen molar-refractivity contribution < 1.29 is 9.18 Å². The van der Waals surface area contributed by atoms with E-state index >= 15 is 0 Å². The lowest BCUT2D eigenvalue weighted by molar-refractivity contribution is -0.115. The predicted octanol–water partition coefficient (Wildman–Crippen LogP) is 4.50. The first-order valence-electron chi connectivity index (χ1n) is 6.53. The van der Waals surface area contributed by atoms with Gasteiger partial charge in [0.1, 0.15) is 5.82 Å². The maximum atomic E-state index is 13.2. The molecule has 1 atom stereocenters. The number of halogens is 3. The Morgan fingerprint density at radius 3 is 2.86 bits per heavy atom. The molecule has 21 heavy (non-hydrogen) atoms. The summed E-state index contributed by atoms with van der Waals surface area (Å²) in [5, 5.41) is 2.88. The Morgan fingerprint density at radius 2 is 2.10 bits per heavy atom. The lowest BCUT2D eigenvalue weighted by Crippen LogP contribution is -2.03. The zero-order valence-electron chi connectivity index (χ0n) is 11.0. The quantitative estimate of drug-likeness (QED) is 0.828. The van der Waals surface area contributed by atoms with Gasteiger partial charge < -0.3 is 5.32 Å². The SMILES string of the molecule is O=C1Cc2cc(C(Cl)Cc3cccc(F)c3)c(Cl)cc2N1. The summed E-state index contributed by atoms with van der Waals surface area (Å²) in [7, 11) is 0. The van der Waals surface area contributed by atoms with Gasteiger partial charge in [0.15, 0.2) is 0 Å². The summed E-state index contributed by atoms with van der Waals surface area (Å²) in [5.74, 6) is -0.333. The Hall–Kier alpha value is -1.58. The molecule has 5 heteroatoms. The van der Waals surface area contributed by atoms with Crippen LogP contribution in [0.5, 0.6) is 0 Å². The van der Waals surface area contributed by atoms with Gasteiger partial charge in [-0.2, -0.15) is 0 Å². The van der Waals surface area contributed by atoms with Crippen LogP contribution in [0.25, 0.3) is 0 Å². The number of hydrogen-bond donors (Lipinski definition) is 1. The Morgan fingerprint density at radius 1 is 1.29 bits per heavy atom. The van der Waals surface area contributed by atoms with E-state index in [0.29, 0.717) is 17.9 Å². The van der Waals surface area contributed by atoms with Gasteiger partial charge >= 0.3 is 0 Å². The third-order valence-electron chi connectivity index (χ3n) is 3.49. The molecule has 0 radical (unpaired) electrons. The molecule has 0 aliphatic carbocycles. The minimum atomic E-state index is -0.375. The summed E-state index contributed by atoms with van der Waals surface area (Å²) in [6, 6.07) is 9.91. The second-order valence-corrected chi connectivity index (χ2v) is 5.99. The van der Waals surface area contributed by atoms with Gasteiger partial charge in [-0.15, -0.1) is 11.6 Å². The third-order valence-corrected chi connectivity index (χ3v) is 4.21. The van der Waals surface area contributed by atoms with Crippen molar-refractivity contribution in [1.82, 2.24) is 0 Å². The fraction of sp³-hybridized carbons (Fsp3) is 0.188. The number of carbonyl (C=O) groups excluding carboxylic acids is 1. The molecule has 0 spiro atoms. The van der Waals surface area contributed by atoms with Gasteiger partial charge in [-0.1, -0.05) is 29.8 Å². The molecular weight excluding hydrogens is 312 g/mol. The standard InChI is InChI=1S/C16H12Cl2FNO/c17-13(5-9-2-1-3-11(19)4-9)12-6-10-7-16(21)20-15(10)8-14(12)18/h1-4,6,8,13H,5,7H2,(H,20,21). The zero-order valence-corrected chi connectivity index (χ0v) is 12.5. The van der Waals surface area contributed by atoms with Crippen LogP contribution in [0, 0.1) is 5.82 Å². The largest absolute Gasteiger partial charge is 0.325 e. The Kier molecular flexibility index (Phi) is 3.87. The van der Waals surface area contributed by atoms with Gasteiger partial charge in [-0.3, -0.25) is 4.79 Å². The van der Waals surface area contributed by atoms with E-state index in [0.717, 1.165) is 22.4 Å². The number of anilines is 1. The predicted molar refractivity (Wildman–Crippen MR) is 82.5 cm³/mol. The number of hydrogen-bond acceptors (Lipinski definition) is 1. The van der Waals surface area contributed by atoms with Gasteiger partial charge in [0.05, 0.1) is 11.8 Å². The van der Waals surface area contributed by atoms with Crippen LogP contribution in [0.15, 0.2) is 36.4 Å². The second-order valence-electron chi connectivity index (χ2n) is 5.06. The molecule has 108 valence electrons. The van der Waals surface area contributed by atoms with Crippen molar-refractivity contribution >= 4 is 34.8 Å². The van der Waals surface area contributed by atoms with Gasteiger partial charge in [-0.05, 0) is 41.3 Å². The average molecular weight is 324 g/mol. The molecule has 2 aromatic rings. The van der Waals surface area contributed by atoms with Crippen molar-refractivity contribution in [1.29, 1.82) is 0 Å². The maximum absolute atomic E-state index is 13.2. The van der Waals surface area contributed by atoms with E-state index in [1.54, 1.807) is 12.1 Å². The molecule has 1 heterocycles. The van der Waals surface area contributed by atoms with Crippen molar-refractivity contribution in [3.8, 4) is 0 Å². The molecule has 0 saturated heterocycles. The highest BCUT2D eigenvalue weighted by molar-refractivity contribution is 6.33. The molecule has 0 fully saturated rings. The molecule has 1 aliphatic heterocycles. The molecule has 1 amide bonds. The molecule has 1 N–H and O–H groups in total. The second kappa shape index (κ2) is 5.66. The number of carbonyl (C=O) groups is 1. The molecule has 0 aromatic heterocycles. The highest BCUT2D eigenvalue weighted by Crippen LogP contribution is 2.36. The number of rotatable bonds is 3. The molecule has 1 unspecified atom stereocenters. The summed E-state index contributed by atoms with van der Waals surface area (Å²) >= 11 is 12.7. The normalized spacial score (nSPS) is 14.7. The fourth-order valence-electron chi connectivity index (χ4n) is 2.49. The van der Waals surface area contributed by atoms with Crippen LogP contribution >= 0.6 is 23.2 Å². The summed E-state index contributed by atoms with van der Waals surface area (Å²) < 4.78 is 13.2. The summed E-state index contributed by atoms with van der Waals surface area (Å²) in [6.45, 7) is 0. The molecule has 0 saturated carbocycles. The van der Waals surface area contributed by atoms with Gasteiger partial charge in [0, 0.05) is 10.7 Å². The highest BCUT2D eigenvalue weighted by atomic mass is 35.5. The fourth-order valence-corrected chi connectivity index (χ4v) is 3.20. The smallest absolute Gasteiger partial charge is 0.228 e.